The summed E-state index contributed by atoms with van der Waals surface area (Å²) >= 11 is 7.41. The van der Waals surface area contributed by atoms with E-state index in [9.17, 15) is 9.59 Å². The van der Waals surface area contributed by atoms with Crippen LogP contribution >= 0.6 is 22.9 Å². The van der Waals surface area contributed by atoms with Crippen LogP contribution in [0, 0.1) is 0 Å². The van der Waals surface area contributed by atoms with Crippen molar-refractivity contribution in [2.75, 3.05) is 25.6 Å². The van der Waals surface area contributed by atoms with Gasteiger partial charge in [-0.05, 0) is 29.9 Å². The molecule has 0 saturated carbocycles. The summed E-state index contributed by atoms with van der Waals surface area (Å²) in [7, 11) is 0. The Kier molecular flexibility index (Phi) is 8.52. The van der Waals surface area contributed by atoms with Gasteiger partial charge in [-0.25, -0.2) is 0 Å². The number of ether oxygens (including phenoxy) is 1. The number of rotatable bonds is 10. The van der Waals surface area contributed by atoms with Gasteiger partial charge in [0.25, 0.3) is 0 Å². The van der Waals surface area contributed by atoms with Crippen molar-refractivity contribution in [1.29, 1.82) is 0 Å². The molecule has 0 aliphatic carbocycles. The topological polar surface area (TPSA) is 49.9 Å². The maximum atomic E-state index is 13.2. The highest BCUT2D eigenvalue weighted by molar-refractivity contribution is 7.09. The molecule has 5 nitrogen and oxygen atoms in total. The number of hydrogen-bond donors (Lipinski definition) is 0. The molecule has 1 saturated heterocycles. The third-order valence-electron chi connectivity index (χ3n) is 4.93. The number of alkyl halides is 1. The van der Waals surface area contributed by atoms with Crippen LogP contribution in [0.5, 0.6) is 0 Å². The predicted molar refractivity (Wildman–Crippen MR) is 116 cm³/mol. The van der Waals surface area contributed by atoms with Crippen LogP contribution < -0.4 is 0 Å². The van der Waals surface area contributed by atoms with Gasteiger partial charge in [0.2, 0.25) is 11.8 Å². The quantitative estimate of drug-likeness (QED) is 0.532. The SMILES string of the molecule is O=C(CN(CC1CCCO1)C(=O)CCCl)N(Cc1ccccc1)Cc1cccs1. The summed E-state index contributed by atoms with van der Waals surface area (Å²) in [5, 5.41) is 2.01. The molecule has 0 radical (unpaired) electrons. The number of carbonyl (C=O) groups excluding carboxylic acids is 2. The lowest BCUT2D eigenvalue weighted by molar-refractivity contribution is -0.142. The van der Waals surface area contributed by atoms with Crippen LogP contribution in [-0.4, -0.2) is 53.3 Å². The minimum Gasteiger partial charge on any atom is -0.376 e. The minimum atomic E-state index is -0.0976. The van der Waals surface area contributed by atoms with E-state index < -0.39 is 0 Å². The first-order valence-electron chi connectivity index (χ1n) is 9.95. The molecule has 0 bridgehead atoms. The van der Waals surface area contributed by atoms with E-state index in [1.807, 2.05) is 52.7 Å². The van der Waals surface area contributed by atoms with Gasteiger partial charge in [-0.3, -0.25) is 9.59 Å². The molecule has 2 aromatic rings. The van der Waals surface area contributed by atoms with Crippen LogP contribution in [0.4, 0.5) is 0 Å². The molecule has 2 amide bonds. The molecule has 1 unspecified atom stereocenters. The second-order valence-corrected chi connectivity index (χ2v) is 8.57. The van der Waals surface area contributed by atoms with E-state index in [4.69, 9.17) is 16.3 Å². The fourth-order valence-corrected chi connectivity index (χ4v) is 4.30. The molecule has 1 atom stereocenters. The van der Waals surface area contributed by atoms with Crippen LogP contribution in [0.3, 0.4) is 0 Å². The van der Waals surface area contributed by atoms with Crippen LogP contribution in [0.25, 0.3) is 0 Å². The van der Waals surface area contributed by atoms with Gasteiger partial charge in [0, 0.05) is 36.9 Å². The van der Waals surface area contributed by atoms with Crippen molar-refractivity contribution in [1.82, 2.24) is 9.80 Å². The molecule has 1 aliphatic heterocycles. The molecular weight excluding hydrogens is 408 g/mol. The van der Waals surface area contributed by atoms with Crippen LogP contribution in [-0.2, 0) is 27.4 Å². The standard InChI is InChI=1S/C22H27ClN2O3S/c23-11-10-21(26)25(15-19-8-4-12-28-19)17-22(27)24(16-20-9-5-13-29-20)14-18-6-2-1-3-7-18/h1-3,5-7,9,13,19H,4,8,10-12,14-17H2. The van der Waals surface area contributed by atoms with E-state index in [0.29, 0.717) is 26.2 Å². The second kappa shape index (κ2) is 11.3. The first-order chi connectivity index (χ1) is 14.2. The Bertz CT molecular complexity index is 764. The lowest BCUT2D eigenvalue weighted by Gasteiger charge is -2.29. The molecule has 0 N–H and O–H groups in total. The zero-order valence-corrected chi connectivity index (χ0v) is 18.0. The largest absolute Gasteiger partial charge is 0.376 e. The first-order valence-corrected chi connectivity index (χ1v) is 11.4. The Hall–Kier alpha value is -1.89. The van der Waals surface area contributed by atoms with Crippen LogP contribution in [0.1, 0.15) is 29.7 Å². The number of thiophene rings is 1. The summed E-state index contributed by atoms with van der Waals surface area (Å²) in [4.78, 5) is 30.4. The van der Waals surface area contributed by atoms with Crippen molar-refractivity contribution >= 4 is 34.8 Å². The lowest BCUT2D eigenvalue weighted by Crippen LogP contribution is -2.45. The molecular formula is C22H27ClN2O3S. The molecule has 1 aliphatic rings. The molecule has 156 valence electrons. The molecule has 2 heterocycles. The van der Waals surface area contributed by atoms with E-state index in [2.05, 4.69) is 0 Å². The minimum absolute atomic E-state index is 0.00180. The number of hydrogen-bond acceptors (Lipinski definition) is 4. The smallest absolute Gasteiger partial charge is 0.242 e. The summed E-state index contributed by atoms with van der Waals surface area (Å²) < 4.78 is 5.68. The Morgan fingerprint density at radius 1 is 1.07 bits per heavy atom. The highest BCUT2D eigenvalue weighted by atomic mass is 35.5. The second-order valence-electron chi connectivity index (χ2n) is 7.16. The Balaban J connectivity index is 1.71. The van der Waals surface area contributed by atoms with E-state index in [-0.39, 0.29) is 36.8 Å². The third kappa shape index (κ3) is 6.84. The van der Waals surface area contributed by atoms with Gasteiger partial charge < -0.3 is 14.5 Å². The molecule has 1 aromatic carbocycles. The predicted octanol–water partition coefficient (Wildman–Crippen LogP) is 3.91. The monoisotopic (exact) mass is 434 g/mol. The van der Waals surface area contributed by atoms with Crippen molar-refractivity contribution in [2.24, 2.45) is 0 Å². The van der Waals surface area contributed by atoms with Crippen molar-refractivity contribution < 1.29 is 14.3 Å². The number of carbonyl (C=O) groups is 2. The molecule has 29 heavy (non-hydrogen) atoms. The van der Waals surface area contributed by atoms with Gasteiger partial charge in [-0.1, -0.05) is 36.4 Å². The van der Waals surface area contributed by atoms with Gasteiger partial charge in [-0.15, -0.1) is 22.9 Å². The van der Waals surface area contributed by atoms with Crippen molar-refractivity contribution in [3.8, 4) is 0 Å². The summed E-state index contributed by atoms with van der Waals surface area (Å²) in [6.45, 7) is 2.25. The molecule has 0 spiro atoms. The molecule has 1 fully saturated rings. The fourth-order valence-electron chi connectivity index (χ4n) is 3.42. The number of nitrogens with zero attached hydrogens (tertiary/aromatic N) is 2. The summed E-state index contributed by atoms with van der Waals surface area (Å²) in [5.41, 5.74) is 1.06. The third-order valence-corrected chi connectivity index (χ3v) is 5.98. The fraction of sp³-hybridized carbons (Fsp3) is 0.455. The van der Waals surface area contributed by atoms with E-state index in [1.54, 1.807) is 16.2 Å². The van der Waals surface area contributed by atoms with Crippen molar-refractivity contribution in [2.45, 2.75) is 38.5 Å². The molecule has 1 aromatic heterocycles. The zero-order chi connectivity index (χ0) is 20.5. The van der Waals surface area contributed by atoms with E-state index in [1.165, 1.54) is 0 Å². The number of halogens is 1. The molecule has 7 heteroatoms. The summed E-state index contributed by atoms with van der Waals surface area (Å²) in [5.74, 6) is 0.0839. The van der Waals surface area contributed by atoms with Crippen molar-refractivity contribution in [3.63, 3.8) is 0 Å². The highest BCUT2D eigenvalue weighted by Gasteiger charge is 2.26. The number of amides is 2. The van der Waals surface area contributed by atoms with Gasteiger partial charge in [0.15, 0.2) is 0 Å². The maximum Gasteiger partial charge on any atom is 0.242 e. The highest BCUT2D eigenvalue weighted by Crippen LogP contribution is 2.17. The lowest BCUT2D eigenvalue weighted by atomic mass is 10.2. The Morgan fingerprint density at radius 2 is 1.90 bits per heavy atom. The average Bonchev–Trinajstić information content (AvgIpc) is 3.42. The first kappa shape index (κ1) is 21.8. The van der Waals surface area contributed by atoms with Gasteiger partial charge in [-0.2, -0.15) is 0 Å². The van der Waals surface area contributed by atoms with Crippen LogP contribution in [0.2, 0.25) is 0 Å². The maximum absolute atomic E-state index is 13.2. The summed E-state index contributed by atoms with van der Waals surface area (Å²) in [6, 6.07) is 13.9. The molecule has 3 rings (SSSR count). The van der Waals surface area contributed by atoms with Crippen LogP contribution in [0.15, 0.2) is 47.8 Å². The van der Waals surface area contributed by atoms with Gasteiger partial charge >= 0.3 is 0 Å². The summed E-state index contributed by atoms with van der Waals surface area (Å²) in [6.07, 6.45) is 2.14. The zero-order valence-electron chi connectivity index (χ0n) is 16.5. The van der Waals surface area contributed by atoms with Gasteiger partial charge in [0.05, 0.1) is 19.2 Å². The van der Waals surface area contributed by atoms with Gasteiger partial charge in [0.1, 0.15) is 0 Å². The van der Waals surface area contributed by atoms with E-state index >= 15 is 0 Å². The Morgan fingerprint density at radius 3 is 2.55 bits per heavy atom. The Labute approximate surface area is 181 Å². The normalized spacial score (nSPS) is 16.0. The van der Waals surface area contributed by atoms with Crippen molar-refractivity contribution in [3.05, 3.63) is 58.3 Å². The average molecular weight is 435 g/mol. The van der Waals surface area contributed by atoms with E-state index in [0.717, 1.165) is 23.3 Å². The number of benzene rings is 1.